The molecule has 0 aliphatic heterocycles. The van der Waals surface area contributed by atoms with Crippen molar-refractivity contribution in [1.82, 2.24) is 0 Å². The van der Waals surface area contributed by atoms with Crippen molar-refractivity contribution in [3.63, 3.8) is 0 Å². The van der Waals surface area contributed by atoms with Crippen molar-refractivity contribution in [3.8, 4) is 44.5 Å². The molecule has 0 amide bonds. The van der Waals surface area contributed by atoms with E-state index in [1.54, 1.807) is 0 Å². The molecule has 1 nitrogen and oxygen atoms in total. The molecule has 1 heteroatoms. The van der Waals surface area contributed by atoms with E-state index in [1.165, 1.54) is 87.6 Å². The summed E-state index contributed by atoms with van der Waals surface area (Å²) in [5.41, 5.74) is 12.9. The highest BCUT2D eigenvalue weighted by molar-refractivity contribution is 6.23. The molecule has 0 N–H and O–H groups in total. The summed E-state index contributed by atoms with van der Waals surface area (Å²) in [5.74, 6) is 0. The maximum Gasteiger partial charge on any atom is 0.0467 e. The van der Waals surface area contributed by atoms with Crippen LogP contribution in [0.4, 0.5) is 17.1 Å². The van der Waals surface area contributed by atoms with Crippen LogP contribution >= 0.6 is 0 Å². The Hall–Kier alpha value is -7.74. The molecule has 276 valence electrons. The molecule has 0 aliphatic rings. The van der Waals surface area contributed by atoms with Crippen LogP contribution in [0.3, 0.4) is 0 Å². The molecule has 0 bridgehead atoms. The first-order chi connectivity index (χ1) is 29.2. The third-order valence-corrected chi connectivity index (χ3v) is 11.8. The van der Waals surface area contributed by atoms with Gasteiger partial charge in [0, 0.05) is 17.1 Å². The minimum absolute atomic E-state index is 1.10. The average Bonchev–Trinajstić information content (AvgIpc) is 3.32. The van der Waals surface area contributed by atoms with Crippen molar-refractivity contribution in [1.29, 1.82) is 0 Å². The smallest absolute Gasteiger partial charge is 0.0467 e. The Kier molecular flexibility index (Phi) is 8.56. The van der Waals surface area contributed by atoms with E-state index >= 15 is 0 Å². The van der Waals surface area contributed by atoms with Crippen molar-refractivity contribution in [2.24, 2.45) is 0 Å². The molecule has 0 aliphatic carbocycles. The van der Waals surface area contributed by atoms with Gasteiger partial charge in [0.1, 0.15) is 0 Å². The van der Waals surface area contributed by atoms with E-state index in [2.05, 4.69) is 241 Å². The van der Waals surface area contributed by atoms with E-state index in [0.29, 0.717) is 0 Å². The molecule has 0 aromatic heterocycles. The molecular weight excluding hydrogens is 711 g/mol. The number of nitrogens with zero attached hydrogens (tertiary/aromatic N) is 1. The quantitative estimate of drug-likeness (QED) is 0.147. The number of anilines is 3. The van der Waals surface area contributed by atoms with Crippen LogP contribution in [-0.2, 0) is 0 Å². The average molecular weight is 750 g/mol. The lowest BCUT2D eigenvalue weighted by Gasteiger charge is -2.27. The van der Waals surface area contributed by atoms with E-state index in [-0.39, 0.29) is 0 Å². The van der Waals surface area contributed by atoms with E-state index in [4.69, 9.17) is 0 Å². The molecule has 11 aromatic rings. The summed E-state index contributed by atoms with van der Waals surface area (Å²) in [6, 6.07) is 86.2. The zero-order valence-corrected chi connectivity index (χ0v) is 32.5. The Bertz CT molecular complexity index is 3310. The largest absolute Gasteiger partial charge is 0.310 e. The van der Waals surface area contributed by atoms with Crippen LogP contribution in [-0.4, -0.2) is 0 Å². The highest BCUT2D eigenvalue weighted by Crippen LogP contribution is 2.41. The van der Waals surface area contributed by atoms with E-state index < -0.39 is 0 Å². The fourth-order valence-corrected chi connectivity index (χ4v) is 8.86. The number of hydrogen-bond donors (Lipinski definition) is 0. The number of fused-ring (bicyclic) bond motifs is 6. The summed E-state index contributed by atoms with van der Waals surface area (Å²) < 4.78 is 0. The third-order valence-electron chi connectivity index (χ3n) is 11.8. The van der Waals surface area contributed by atoms with Crippen molar-refractivity contribution < 1.29 is 0 Å². The Morgan fingerprint density at radius 1 is 0.220 bits per heavy atom. The van der Waals surface area contributed by atoms with Crippen molar-refractivity contribution in [2.75, 3.05) is 4.90 Å². The van der Waals surface area contributed by atoms with Crippen LogP contribution in [0.5, 0.6) is 0 Å². The summed E-state index contributed by atoms with van der Waals surface area (Å²) >= 11 is 0. The maximum absolute atomic E-state index is 2.38. The third kappa shape index (κ3) is 6.40. The molecule has 0 heterocycles. The van der Waals surface area contributed by atoms with Gasteiger partial charge in [-0.3, -0.25) is 0 Å². The van der Waals surface area contributed by atoms with Crippen molar-refractivity contribution >= 4 is 60.2 Å². The fourth-order valence-electron chi connectivity index (χ4n) is 8.86. The topological polar surface area (TPSA) is 3.24 Å². The molecule has 0 atom stereocenters. The number of rotatable bonds is 7. The summed E-state index contributed by atoms with van der Waals surface area (Å²) in [6.07, 6.45) is 0. The van der Waals surface area contributed by atoms with Gasteiger partial charge in [0.25, 0.3) is 0 Å². The summed E-state index contributed by atoms with van der Waals surface area (Å²) in [7, 11) is 0. The second-order valence-electron chi connectivity index (χ2n) is 15.3. The van der Waals surface area contributed by atoms with Gasteiger partial charge in [-0.15, -0.1) is 0 Å². The SMILES string of the molecule is c1ccc(-c2ccc(N(c3cccc(-c4ccc(-c5cc6ccc7ccccc7c6c6ccccc56)cc4)c3)c3cccc(-c4ccc5ccccc5c4)c3)cc2)cc1. The first-order valence-electron chi connectivity index (χ1n) is 20.3. The minimum Gasteiger partial charge on any atom is -0.310 e. The summed E-state index contributed by atoms with van der Waals surface area (Å²) in [5, 5.41) is 10.2. The highest BCUT2D eigenvalue weighted by atomic mass is 15.1. The lowest BCUT2D eigenvalue weighted by Crippen LogP contribution is -2.10. The zero-order chi connectivity index (χ0) is 39.1. The predicted octanol–water partition coefficient (Wildman–Crippen LogP) is 16.4. The predicted molar refractivity (Wildman–Crippen MR) is 253 cm³/mol. The molecule has 0 spiro atoms. The van der Waals surface area contributed by atoms with Gasteiger partial charge in [-0.1, -0.05) is 188 Å². The van der Waals surface area contributed by atoms with Gasteiger partial charge in [0.2, 0.25) is 0 Å². The van der Waals surface area contributed by atoms with Crippen LogP contribution in [0.15, 0.2) is 237 Å². The van der Waals surface area contributed by atoms with Crippen molar-refractivity contribution in [2.45, 2.75) is 0 Å². The monoisotopic (exact) mass is 749 g/mol. The van der Waals surface area contributed by atoms with Crippen LogP contribution in [0.1, 0.15) is 0 Å². The number of benzene rings is 11. The van der Waals surface area contributed by atoms with Gasteiger partial charge >= 0.3 is 0 Å². The van der Waals surface area contributed by atoms with Gasteiger partial charge in [-0.05, 0) is 136 Å². The van der Waals surface area contributed by atoms with Gasteiger partial charge in [-0.2, -0.15) is 0 Å². The van der Waals surface area contributed by atoms with Gasteiger partial charge in [0.05, 0.1) is 0 Å². The maximum atomic E-state index is 2.38. The molecular formula is C58H39N. The van der Waals surface area contributed by atoms with Crippen LogP contribution in [0.25, 0.3) is 87.6 Å². The van der Waals surface area contributed by atoms with E-state index in [9.17, 15) is 0 Å². The summed E-state index contributed by atoms with van der Waals surface area (Å²) in [6.45, 7) is 0. The first kappa shape index (κ1) is 34.5. The molecule has 59 heavy (non-hydrogen) atoms. The van der Waals surface area contributed by atoms with Crippen LogP contribution in [0.2, 0.25) is 0 Å². The van der Waals surface area contributed by atoms with Crippen LogP contribution in [0, 0.1) is 0 Å². The Morgan fingerprint density at radius 3 is 1.44 bits per heavy atom. The fraction of sp³-hybridized carbons (Fsp3) is 0. The molecule has 0 saturated carbocycles. The van der Waals surface area contributed by atoms with Crippen molar-refractivity contribution in [3.05, 3.63) is 237 Å². The van der Waals surface area contributed by atoms with Crippen LogP contribution < -0.4 is 4.90 Å². The molecule has 0 fully saturated rings. The standard InChI is InChI=1S/C58H39N/c1-2-12-40(13-3-1)42-32-34-51(35-33-42)59(53-20-11-18-48(38-53)49-30-26-41-14-4-5-16-46(41)36-49)52-19-10-17-47(37-52)43-24-27-45(28-25-43)57-39-50-31-29-44-15-6-7-21-54(44)58(50)56-23-9-8-22-55(56)57/h1-39H. The molecule has 0 saturated heterocycles. The highest BCUT2D eigenvalue weighted by Gasteiger charge is 2.16. The van der Waals surface area contributed by atoms with Gasteiger partial charge < -0.3 is 4.90 Å². The first-order valence-corrected chi connectivity index (χ1v) is 20.3. The van der Waals surface area contributed by atoms with E-state index in [0.717, 1.165) is 17.1 Å². The van der Waals surface area contributed by atoms with E-state index in [1.807, 2.05) is 0 Å². The van der Waals surface area contributed by atoms with Gasteiger partial charge in [-0.25, -0.2) is 0 Å². The Balaban J connectivity index is 0.987. The minimum atomic E-state index is 1.10. The Labute approximate surface area is 344 Å². The molecule has 11 aromatic carbocycles. The summed E-state index contributed by atoms with van der Waals surface area (Å²) in [4.78, 5) is 2.38. The number of hydrogen-bond acceptors (Lipinski definition) is 1. The lowest BCUT2D eigenvalue weighted by molar-refractivity contribution is 1.28. The second-order valence-corrected chi connectivity index (χ2v) is 15.3. The molecule has 0 unspecified atom stereocenters. The molecule has 11 rings (SSSR count). The Morgan fingerprint density at radius 2 is 0.695 bits per heavy atom. The lowest BCUT2D eigenvalue weighted by atomic mass is 9.90. The second kappa shape index (κ2) is 14.6. The van der Waals surface area contributed by atoms with Gasteiger partial charge in [0.15, 0.2) is 0 Å². The normalized spacial score (nSPS) is 11.4. The molecule has 0 radical (unpaired) electrons. The zero-order valence-electron chi connectivity index (χ0n) is 32.5.